The van der Waals surface area contributed by atoms with E-state index in [1.807, 2.05) is 23.8 Å². The molecule has 1 unspecified atom stereocenters. The zero-order valence-corrected chi connectivity index (χ0v) is 13.3. The Balaban J connectivity index is 2.15. The Hall–Kier alpha value is -1.56. The van der Waals surface area contributed by atoms with Crippen molar-refractivity contribution >= 4 is 21.8 Å². The van der Waals surface area contributed by atoms with Gasteiger partial charge in [-0.15, -0.1) is 0 Å². The first kappa shape index (κ1) is 14.8. The van der Waals surface area contributed by atoms with Gasteiger partial charge in [0, 0.05) is 29.6 Å². The summed E-state index contributed by atoms with van der Waals surface area (Å²) in [5, 5.41) is 3.02. The van der Waals surface area contributed by atoms with Gasteiger partial charge in [-0.05, 0) is 34.8 Å². The summed E-state index contributed by atoms with van der Waals surface area (Å²) >= 11 is 3.42. The molecular formula is C14H19BrN4O. The molecule has 0 spiro atoms. The van der Waals surface area contributed by atoms with Gasteiger partial charge in [0.05, 0.1) is 6.04 Å². The monoisotopic (exact) mass is 338 g/mol. The smallest absolute Gasteiger partial charge is 0.268 e. The molecule has 0 bridgehead atoms. The van der Waals surface area contributed by atoms with Crippen LogP contribution in [-0.2, 0) is 6.54 Å². The van der Waals surface area contributed by atoms with Crippen LogP contribution in [0.2, 0.25) is 0 Å². The minimum Gasteiger partial charge on any atom is -0.347 e. The lowest BCUT2D eigenvalue weighted by atomic mass is 10.2. The first-order valence-electron chi connectivity index (χ1n) is 6.81. The molecule has 1 atom stereocenters. The number of hydrogen-bond acceptors (Lipinski definition) is 2. The van der Waals surface area contributed by atoms with Crippen molar-refractivity contribution in [1.29, 1.82) is 0 Å². The van der Waals surface area contributed by atoms with Gasteiger partial charge in [0.25, 0.3) is 5.91 Å². The topological polar surface area (TPSA) is 62.7 Å². The molecule has 2 aromatic rings. The fraction of sp³-hybridized carbons (Fsp3) is 0.429. The number of amides is 1. The molecule has 0 radical (unpaired) electrons. The van der Waals surface area contributed by atoms with Crippen molar-refractivity contribution in [2.75, 3.05) is 0 Å². The third kappa shape index (κ3) is 3.30. The van der Waals surface area contributed by atoms with Crippen LogP contribution in [0.1, 0.15) is 49.0 Å². The van der Waals surface area contributed by atoms with Gasteiger partial charge in [-0.3, -0.25) is 4.79 Å². The predicted molar refractivity (Wildman–Crippen MR) is 81.5 cm³/mol. The zero-order valence-electron chi connectivity index (χ0n) is 11.7. The molecule has 0 aliphatic heterocycles. The molecule has 0 aliphatic rings. The molecule has 2 heterocycles. The van der Waals surface area contributed by atoms with Crippen molar-refractivity contribution in [3.63, 3.8) is 0 Å². The molecule has 0 fully saturated rings. The Kier molecular flexibility index (Phi) is 5.00. The molecular weight excluding hydrogens is 320 g/mol. The number of carbonyl (C=O) groups is 1. The SMILES string of the molecule is CCCn1cc(Br)cc1C(=O)NC(CC)c1ncc[nH]1. The van der Waals surface area contributed by atoms with E-state index in [4.69, 9.17) is 0 Å². The molecule has 2 N–H and O–H groups in total. The van der Waals surface area contributed by atoms with Crippen molar-refractivity contribution in [2.45, 2.75) is 39.3 Å². The summed E-state index contributed by atoms with van der Waals surface area (Å²) in [4.78, 5) is 19.7. The Morgan fingerprint density at radius 1 is 1.55 bits per heavy atom. The van der Waals surface area contributed by atoms with E-state index in [0.717, 1.165) is 29.7 Å². The second-order valence-corrected chi connectivity index (χ2v) is 5.56. The molecule has 108 valence electrons. The van der Waals surface area contributed by atoms with Gasteiger partial charge in [-0.1, -0.05) is 13.8 Å². The molecule has 0 saturated carbocycles. The van der Waals surface area contributed by atoms with Crippen LogP contribution < -0.4 is 5.32 Å². The van der Waals surface area contributed by atoms with Gasteiger partial charge in [-0.25, -0.2) is 4.98 Å². The number of carbonyl (C=O) groups excluding carboxylic acids is 1. The van der Waals surface area contributed by atoms with E-state index in [-0.39, 0.29) is 11.9 Å². The largest absolute Gasteiger partial charge is 0.347 e. The van der Waals surface area contributed by atoms with Gasteiger partial charge >= 0.3 is 0 Å². The lowest BCUT2D eigenvalue weighted by Crippen LogP contribution is -2.30. The molecule has 0 saturated heterocycles. The second-order valence-electron chi connectivity index (χ2n) is 4.65. The first-order valence-corrected chi connectivity index (χ1v) is 7.60. The Morgan fingerprint density at radius 3 is 2.95 bits per heavy atom. The zero-order chi connectivity index (χ0) is 14.5. The highest BCUT2D eigenvalue weighted by Crippen LogP contribution is 2.18. The molecule has 6 heteroatoms. The van der Waals surface area contributed by atoms with Crippen LogP contribution in [0.25, 0.3) is 0 Å². The van der Waals surface area contributed by atoms with Gasteiger partial charge in [0.1, 0.15) is 11.5 Å². The third-order valence-electron chi connectivity index (χ3n) is 3.12. The van der Waals surface area contributed by atoms with Crippen LogP contribution >= 0.6 is 15.9 Å². The van der Waals surface area contributed by atoms with Gasteiger partial charge < -0.3 is 14.9 Å². The van der Waals surface area contributed by atoms with E-state index in [2.05, 4.69) is 38.1 Å². The highest BCUT2D eigenvalue weighted by atomic mass is 79.9. The van der Waals surface area contributed by atoms with Crippen LogP contribution in [0.3, 0.4) is 0 Å². The van der Waals surface area contributed by atoms with E-state index in [0.29, 0.717) is 5.69 Å². The van der Waals surface area contributed by atoms with Crippen LogP contribution in [0, 0.1) is 0 Å². The summed E-state index contributed by atoms with van der Waals surface area (Å²) in [6.07, 6.45) is 7.17. The van der Waals surface area contributed by atoms with Gasteiger partial charge in [0.15, 0.2) is 0 Å². The van der Waals surface area contributed by atoms with Crippen molar-refractivity contribution in [1.82, 2.24) is 19.9 Å². The Bertz CT molecular complexity index is 562. The number of aromatic amines is 1. The lowest BCUT2D eigenvalue weighted by Gasteiger charge is -2.15. The quantitative estimate of drug-likeness (QED) is 0.848. The third-order valence-corrected chi connectivity index (χ3v) is 3.56. The number of nitrogens with one attached hydrogen (secondary N) is 2. The average molecular weight is 339 g/mol. The molecule has 0 aromatic carbocycles. The fourth-order valence-corrected chi connectivity index (χ4v) is 2.62. The van der Waals surface area contributed by atoms with Gasteiger partial charge in [0.2, 0.25) is 0 Å². The predicted octanol–water partition coefficient (Wildman–Crippen LogP) is 3.26. The first-order chi connectivity index (χ1) is 9.65. The minimum atomic E-state index is -0.0961. The van der Waals surface area contributed by atoms with E-state index in [1.165, 1.54) is 0 Å². The molecule has 5 nitrogen and oxygen atoms in total. The van der Waals surface area contributed by atoms with Crippen LogP contribution in [0.4, 0.5) is 0 Å². The lowest BCUT2D eigenvalue weighted by molar-refractivity contribution is 0.0924. The van der Waals surface area contributed by atoms with E-state index >= 15 is 0 Å². The fourth-order valence-electron chi connectivity index (χ4n) is 2.16. The molecule has 2 aromatic heterocycles. The highest BCUT2D eigenvalue weighted by molar-refractivity contribution is 9.10. The summed E-state index contributed by atoms with van der Waals surface area (Å²) in [6.45, 7) is 4.94. The molecule has 1 amide bonds. The number of imidazole rings is 1. The van der Waals surface area contributed by atoms with Crippen molar-refractivity contribution < 1.29 is 4.79 Å². The summed E-state index contributed by atoms with van der Waals surface area (Å²) in [5.41, 5.74) is 0.670. The summed E-state index contributed by atoms with van der Waals surface area (Å²) < 4.78 is 2.89. The van der Waals surface area contributed by atoms with E-state index in [1.54, 1.807) is 12.4 Å². The molecule has 20 heavy (non-hydrogen) atoms. The van der Waals surface area contributed by atoms with E-state index in [9.17, 15) is 4.79 Å². The maximum Gasteiger partial charge on any atom is 0.268 e. The number of hydrogen-bond donors (Lipinski definition) is 2. The minimum absolute atomic E-state index is 0.0765. The van der Waals surface area contributed by atoms with Crippen LogP contribution in [0.5, 0.6) is 0 Å². The maximum absolute atomic E-state index is 12.4. The van der Waals surface area contributed by atoms with Gasteiger partial charge in [-0.2, -0.15) is 0 Å². The number of aromatic nitrogens is 3. The summed E-state index contributed by atoms with van der Waals surface area (Å²) in [5.74, 6) is 0.709. The van der Waals surface area contributed by atoms with Crippen molar-refractivity contribution in [2.24, 2.45) is 0 Å². The summed E-state index contributed by atoms with van der Waals surface area (Å²) in [7, 11) is 0. The number of nitrogens with zero attached hydrogens (tertiary/aromatic N) is 2. The normalized spacial score (nSPS) is 12.3. The Morgan fingerprint density at radius 2 is 2.35 bits per heavy atom. The van der Waals surface area contributed by atoms with Crippen molar-refractivity contribution in [3.05, 3.63) is 40.6 Å². The highest BCUT2D eigenvalue weighted by Gasteiger charge is 2.18. The summed E-state index contributed by atoms with van der Waals surface area (Å²) in [6, 6.07) is 1.75. The number of rotatable bonds is 6. The maximum atomic E-state index is 12.4. The van der Waals surface area contributed by atoms with E-state index < -0.39 is 0 Å². The van der Waals surface area contributed by atoms with Crippen LogP contribution in [-0.4, -0.2) is 20.4 Å². The number of aryl methyl sites for hydroxylation is 1. The Labute approximate surface area is 126 Å². The molecule has 2 rings (SSSR count). The average Bonchev–Trinajstić information content (AvgIpc) is 3.06. The second kappa shape index (κ2) is 6.74. The number of H-pyrrole nitrogens is 1. The number of halogens is 1. The molecule has 0 aliphatic carbocycles. The van der Waals surface area contributed by atoms with Crippen molar-refractivity contribution in [3.8, 4) is 0 Å². The van der Waals surface area contributed by atoms with Crippen LogP contribution in [0.15, 0.2) is 29.1 Å². The standard InChI is InChI=1S/C14H19BrN4O/c1-3-7-19-9-10(15)8-12(19)14(20)18-11(4-2)13-16-5-6-17-13/h5-6,8-9,11H,3-4,7H2,1-2H3,(H,16,17)(H,18,20).